The third-order valence-corrected chi connectivity index (χ3v) is 6.59. The second kappa shape index (κ2) is 7.53. The van der Waals surface area contributed by atoms with Crippen molar-refractivity contribution in [3.63, 3.8) is 0 Å². The molecule has 2 saturated heterocycles. The summed E-state index contributed by atoms with van der Waals surface area (Å²) in [5.41, 5.74) is 3.39. The van der Waals surface area contributed by atoms with Gasteiger partial charge in [0.05, 0.1) is 0 Å². The van der Waals surface area contributed by atoms with E-state index in [0.29, 0.717) is 0 Å². The minimum Gasteiger partial charge on any atom is -0.381 e. The Morgan fingerprint density at radius 3 is 2.69 bits per heavy atom. The van der Waals surface area contributed by atoms with Crippen molar-refractivity contribution in [3.8, 4) is 0 Å². The Hall–Kier alpha value is -1.65. The van der Waals surface area contributed by atoms with E-state index in [4.69, 9.17) is 4.74 Å². The molecule has 4 rings (SSSR count). The molecule has 1 spiro atoms. The molecule has 3 aliphatic rings. The number of nitrogens with one attached hydrogen (secondary N) is 1. The first-order valence-corrected chi connectivity index (χ1v) is 10.1. The summed E-state index contributed by atoms with van der Waals surface area (Å²) in [6, 6.07) is 8.47. The monoisotopic (exact) mass is 354 g/mol. The number of likely N-dealkylation sites (tertiary alicyclic amines) is 1. The van der Waals surface area contributed by atoms with Crippen LogP contribution in [0.15, 0.2) is 30.3 Å². The van der Waals surface area contributed by atoms with E-state index < -0.39 is 0 Å². The van der Waals surface area contributed by atoms with Crippen LogP contribution < -0.4 is 5.32 Å². The van der Waals surface area contributed by atoms with Gasteiger partial charge in [-0.05, 0) is 68.8 Å². The maximum Gasteiger partial charge on any atom is 0.251 e. The van der Waals surface area contributed by atoms with E-state index in [1.807, 2.05) is 6.07 Å². The largest absolute Gasteiger partial charge is 0.381 e. The summed E-state index contributed by atoms with van der Waals surface area (Å²) in [7, 11) is 1.72. The van der Waals surface area contributed by atoms with Crippen LogP contribution >= 0.6 is 0 Å². The third-order valence-electron chi connectivity index (χ3n) is 6.59. The molecule has 1 amide bonds. The van der Waals surface area contributed by atoms with Gasteiger partial charge in [-0.3, -0.25) is 4.79 Å². The molecule has 2 heterocycles. The molecule has 4 heteroatoms. The summed E-state index contributed by atoms with van der Waals surface area (Å²) >= 11 is 0. The third kappa shape index (κ3) is 3.33. The average molecular weight is 354 g/mol. The van der Waals surface area contributed by atoms with Crippen molar-refractivity contribution >= 4 is 11.5 Å². The molecule has 2 fully saturated rings. The molecule has 2 aliphatic heterocycles. The molecule has 0 radical (unpaired) electrons. The van der Waals surface area contributed by atoms with Crippen molar-refractivity contribution < 1.29 is 9.53 Å². The van der Waals surface area contributed by atoms with Gasteiger partial charge in [0.25, 0.3) is 5.91 Å². The maximum absolute atomic E-state index is 12.3. The predicted octanol–water partition coefficient (Wildman–Crippen LogP) is 2.98. The lowest BCUT2D eigenvalue weighted by Crippen LogP contribution is -2.41. The number of carbonyl (C=O) groups excluding carboxylic acids is 1. The number of allylic oxidation sites excluding steroid dienone is 1. The first-order valence-electron chi connectivity index (χ1n) is 10.1. The number of hydrogen-bond donors (Lipinski definition) is 1. The van der Waals surface area contributed by atoms with Gasteiger partial charge in [0.1, 0.15) is 0 Å². The Labute approximate surface area is 156 Å². The molecule has 4 nitrogen and oxygen atoms in total. The van der Waals surface area contributed by atoms with Crippen molar-refractivity contribution in [2.75, 3.05) is 39.9 Å². The quantitative estimate of drug-likeness (QED) is 0.904. The van der Waals surface area contributed by atoms with Gasteiger partial charge in [0, 0.05) is 31.2 Å². The summed E-state index contributed by atoms with van der Waals surface area (Å²) in [5.74, 6) is 0.878. The molecule has 0 saturated carbocycles. The van der Waals surface area contributed by atoms with Gasteiger partial charge >= 0.3 is 0 Å². The lowest BCUT2D eigenvalue weighted by molar-refractivity contribution is -0.115. The van der Waals surface area contributed by atoms with Gasteiger partial charge in [0.15, 0.2) is 0 Å². The van der Waals surface area contributed by atoms with E-state index in [1.165, 1.54) is 31.4 Å². The van der Waals surface area contributed by atoms with Crippen LogP contribution in [0, 0.1) is 5.92 Å². The van der Waals surface area contributed by atoms with Gasteiger partial charge < -0.3 is 15.0 Å². The lowest BCUT2D eigenvalue weighted by Gasteiger charge is -2.39. The van der Waals surface area contributed by atoms with Gasteiger partial charge in [-0.1, -0.05) is 30.3 Å². The number of piperidine rings is 1. The van der Waals surface area contributed by atoms with E-state index in [0.717, 1.165) is 56.2 Å². The van der Waals surface area contributed by atoms with Crippen LogP contribution in [0.1, 0.15) is 43.2 Å². The van der Waals surface area contributed by atoms with Crippen LogP contribution in [0.25, 0.3) is 5.57 Å². The van der Waals surface area contributed by atoms with Crippen LogP contribution in [0.4, 0.5) is 0 Å². The maximum atomic E-state index is 12.3. The second-order valence-corrected chi connectivity index (χ2v) is 8.02. The highest BCUT2D eigenvalue weighted by Crippen LogP contribution is 2.47. The van der Waals surface area contributed by atoms with E-state index in [9.17, 15) is 4.79 Å². The fraction of sp³-hybridized carbons (Fsp3) is 0.591. The fourth-order valence-electron chi connectivity index (χ4n) is 4.90. The number of fused-ring (bicyclic) bond motifs is 2. The lowest BCUT2D eigenvalue weighted by atomic mass is 9.74. The Bertz CT molecular complexity index is 683. The van der Waals surface area contributed by atoms with Gasteiger partial charge in [0.2, 0.25) is 0 Å². The summed E-state index contributed by atoms with van der Waals surface area (Å²) in [4.78, 5) is 15.0. The molecule has 140 valence electrons. The molecule has 1 N–H and O–H groups in total. The van der Waals surface area contributed by atoms with E-state index in [-0.39, 0.29) is 11.3 Å². The number of rotatable bonds is 4. The summed E-state index contributed by atoms with van der Waals surface area (Å²) < 4.78 is 5.47. The summed E-state index contributed by atoms with van der Waals surface area (Å²) in [6.45, 7) is 5.33. The second-order valence-electron chi connectivity index (χ2n) is 8.02. The van der Waals surface area contributed by atoms with Crippen LogP contribution in [0.2, 0.25) is 0 Å². The van der Waals surface area contributed by atoms with Crippen molar-refractivity contribution in [2.24, 2.45) is 5.92 Å². The molecule has 1 aromatic carbocycles. The van der Waals surface area contributed by atoms with Crippen LogP contribution in [0.3, 0.4) is 0 Å². The Kier molecular flexibility index (Phi) is 5.14. The zero-order valence-electron chi connectivity index (χ0n) is 15.8. The first kappa shape index (κ1) is 17.7. The van der Waals surface area contributed by atoms with Gasteiger partial charge in [-0.15, -0.1) is 0 Å². The normalized spacial score (nSPS) is 22.9. The standard InChI is InChI=1S/C22H30N2O2/c1-23-21(25)19-16-22(20-5-3-2-4-18(19)20)9-12-24(13-10-22)11-6-17-7-14-26-15-8-17/h2-5,16-17H,6-15H2,1H3,(H,23,25). The van der Waals surface area contributed by atoms with Gasteiger partial charge in [-0.2, -0.15) is 0 Å². The Balaban J connectivity index is 1.42. The predicted molar refractivity (Wildman–Crippen MR) is 104 cm³/mol. The minimum absolute atomic E-state index is 0.0382. The van der Waals surface area contributed by atoms with Crippen LogP contribution in [-0.2, 0) is 14.9 Å². The molecular weight excluding hydrogens is 324 g/mol. The number of likely N-dealkylation sites (N-methyl/N-ethyl adjacent to an activating group) is 1. The topological polar surface area (TPSA) is 41.6 Å². The highest BCUT2D eigenvalue weighted by Gasteiger charge is 2.41. The molecule has 26 heavy (non-hydrogen) atoms. The van der Waals surface area contributed by atoms with E-state index in [1.54, 1.807) is 7.05 Å². The van der Waals surface area contributed by atoms with Crippen LogP contribution in [-0.4, -0.2) is 50.7 Å². The zero-order valence-corrected chi connectivity index (χ0v) is 15.8. The molecule has 0 aromatic heterocycles. The number of nitrogens with zero attached hydrogens (tertiary/aromatic N) is 1. The molecule has 1 aliphatic carbocycles. The van der Waals surface area contributed by atoms with Crippen molar-refractivity contribution in [2.45, 2.75) is 37.5 Å². The first-order chi connectivity index (χ1) is 12.7. The molecule has 0 atom stereocenters. The van der Waals surface area contributed by atoms with Crippen molar-refractivity contribution in [1.82, 2.24) is 10.2 Å². The fourth-order valence-corrected chi connectivity index (χ4v) is 4.90. The number of carbonyl (C=O) groups is 1. The minimum atomic E-state index is 0.0382. The SMILES string of the molecule is CNC(=O)C1=CC2(CCN(CCC3CCOCC3)CC2)c2ccccc21. The molecule has 0 unspecified atom stereocenters. The van der Waals surface area contributed by atoms with E-state index >= 15 is 0 Å². The van der Waals surface area contributed by atoms with E-state index in [2.05, 4.69) is 34.5 Å². The molecule has 1 aromatic rings. The zero-order chi connectivity index (χ0) is 18.0. The number of ether oxygens (including phenoxy) is 1. The Morgan fingerprint density at radius 1 is 1.23 bits per heavy atom. The number of hydrogen-bond acceptors (Lipinski definition) is 3. The molecular formula is C22H30N2O2. The van der Waals surface area contributed by atoms with Crippen molar-refractivity contribution in [1.29, 1.82) is 0 Å². The van der Waals surface area contributed by atoms with Gasteiger partial charge in [-0.25, -0.2) is 0 Å². The number of amides is 1. The molecule has 0 bridgehead atoms. The summed E-state index contributed by atoms with van der Waals surface area (Å²) in [6.07, 6.45) is 8.22. The number of benzene rings is 1. The highest BCUT2D eigenvalue weighted by atomic mass is 16.5. The van der Waals surface area contributed by atoms with Crippen molar-refractivity contribution in [3.05, 3.63) is 41.5 Å². The highest BCUT2D eigenvalue weighted by molar-refractivity contribution is 6.21. The smallest absolute Gasteiger partial charge is 0.251 e. The van der Waals surface area contributed by atoms with Crippen LogP contribution in [0.5, 0.6) is 0 Å². The summed E-state index contributed by atoms with van der Waals surface area (Å²) in [5, 5.41) is 2.81. The average Bonchev–Trinajstić information content (AvgIpc) is 3.02. The Morgan fingerprint density at radius 2 is 1.96 bits per heavy atom.